The lowest BCUT2D eigenvalue weighted by molar-refractivity contribution is 0.451. The van der Waals surface area contributed by atoms with Gasteiger partial charge in [-0.15, -0.1) is 5.10 Å². The summed E-state index contributed by atoms with van der Waals surface area (Å²) in [5, 5.41) is 13.6. The summed E-state index contributed by atoms with van der Waals surface area (Å²) in [5.74, 6) is 0.704. The maximum absolute atomic E-state index is 4.71. The summed E-state index contributed by atoms with van der Waals surface area (Å²) in [6.45, 7) is 0. The van der Waals surface area contributed by atoms with E-state index in [0.29, 0.717) is 5.82 Å². The van der Waals surface area contributed by atoms with Crippen LogP contribution in [0.4, 0.5) is 0 Å². The Balaban J connectivity index is 1.66. The Kier molecular flexibility index (Phi) is 6.84. The topological polar surface area (TPSA) is 43.6 Å². The van der Waals surface area contributed by atoms with Gasteiger partial charge in [-0.2, -0.15) is 0 Å². The average molecular weight is 604 g/mol. The SMILES string of the molecule is ICc1ccc(-c2ccccc2-c2nnnn2C(c2ccccc2)(c2ccccc2)c2ccccc2)cc1. The summed E-state index contributed by atoms with van der Waals surface area (Å²) in [7, 11) is 0. The molecular formula is C33H25IN4. The maximum atomic E-state index is 4.71. The smallest absolute Gasteiger partial charge is 0.184 e. The Hall–Kier alpha value is -4.10. The second-order valence-corrected chi connectivity index (χ2v) is 9.86. The minimum absolute atomic E-state index is 0.704. The fourth-order valence-electron chi connectivity index (χ4n) is 5.19. The number of nitrogens with zero attached hydrogens (tertiary/aromatic N) is 4. The lowest BCUT2D eigenvalue weighted by Crippen LogP contribution is -2.39. The van der Waals surface area contributed by atoms with Gasteiger partial charge < -0.3 is 0 Å². The summed E-state index contributed by atoms with van der Waals surface area (Å²) in [4.78, 5) is 0. The minimum atomic E-state index is -0.791. The highest BCUT2D eigenvalue weighted by Crippen LogP contribution is 2.43. The van der Waals surface area contributed by atoms with Crippen LogP contribution in [0.5, 0.6) is 0 Å². The first-order valence-electron chi connectivity index (χ1n) is 12.5. The molecule has 5 heteroatoms. The molecule has 0 fully saturated rings. The Morgan fingerprint density at radius 2 is 1.03 bits per heavy atom. The number of alkyl halides is 1. The summed E-state index contributed by atoms with van der Waals surface area (Å²) in [6.07, 6.45) is 0. The van der Waals surface area contributed by atoms with Gasteiger partial charge in [-0.3, -0.25) is 0 Å². The van der Waals surface area contributed by atoms with Crippen molar-refractivity contribution in [2.24, 2.45) is 0 Å². The van der Waals surface area contributed by atoms with Crippen LogP contribution in [-0.2, 0) is 9.97 Å². The van der Waals surface area contributed by atoms with E-state index in [4.69, 9.17) is 5.21 Å². The van der Waals surface area contributed by atoms with Crippen molar-refractivity contribution in [3.63, 3.8) is 0 Å². The summed E-state index contributed by atoms with van der Waals surface area (Å²) in [6, 6.07) is 48.6. The van der Waals surface area contributed by atoms with E-state index < -0.39 is 5.54 Å². The molecule has 0 amide bonds. The molecule has 0 atom stereocenters. The van der Waals surface area contributed by atoms with E-state index >= 15 is 0 Å². The zero-order valence-corrected chi connectivity index (χ0v) is 22.8. The molecule has 38 heavy (non-hydrogen) atoms. The molecule has 0 saturated heterocycles. The highest BCUT2D eigenvalue weighted by atomic mass is 127. The summed E-state index contributed by atoms with van der Waals surface area (Å²) >= 11 is 2.39. The average Bonchev–Trinajstić information content (AvgIpc) is 3.49. The fourth-order valence-corrected chi connectivity index (χ4v) is 5.70. The number of halogens is 1. The van der Waals surface area contributed by atoms with Gasteiger partial charge >= 0.3 is 0 Å². The molecule has 1 aromatic heterocycles. The molecule has 6 aromatic rings. The van der Waals surface area contributed by atoms with Crippen LogP contribution in [0.25, 0.3) is 22.5 Å². The number of hydrogen-bond donors (Lipinski definition) is 0. The van der Waals surface area contributed by atoms with Gasteiger partial charge in [0.1, 0.15) is 5.54 Å². The van der Waals surface area contributed by atoms with Crippen LogP contribution in [0.15, 0.2) is 140 Å². The number of aromatic nitrogens is 4. The fraction of sp³-hybridized carbons (Fsp3) is 0.0606. The standard InChI is InChI=1S/C33H25IN4/c34-24-25-20-22-26(23-21-25)30-18-10-11-19-31(30)32-35-36-37-38(32)33(27-12-4-1-5-13-27,28-14-6-2-7-15-28)29-16-8-3-9-17-29/h1-23H,24H2. The molecule has 5 aromatic carbocycles. The third-order valence-electron chi connectivity index (χ3n) is 6.95. The summed E-state index contributed by atoms with van der Waals surface area (Å²) < 4.78 is 2.97. The van der Waals surface area contributed by atoms with Crippen LogP contribution in [0.3, 0.4) is 0 Å². The van der Waals surface area contributed by atoms with Crippen molar-refractivity contribution in [2.75, 3.05) is 0 Å². The van der Waals surface area contributed by atoms with Gasteiger partial charge in [0.25, 0.3) is 0 Å². The van der Waals surface area contributed by atoms with Crippen molar-refractivity contribution in [1.82, 2.24) is 20.2 Å². The van der Waals surface area contributed by atoms with Gasteiger partial charge in [-0.05, 0) is 43.8 Å². The molecule has 6 rings (SSSR count). The molecular weight excluding hydrogens is 579 g/mol. The van der Waals surface area contributed by atoms with Crippen molar-refractivity contribution in [3.8, 4) is 22.5 Å². The van der Waals surface area contributed by atoms with E-state index in [1.807, 2.05) is 28.9 Å². The molecule has 4 nitrogen and oxygen atoms in total. The second kappa shape index (κ2) is 10.7. The van der Waals surface area contributed by atoms with E-state index in [0.717, 1.165) is 37.8 Å². The molecule has 0 saturated carbocycles. The van der Waals surface area contributed by atoms with Gasteiger partial charge in [-0.25, -0.2) is 4.68 Å². The van der Waals surface area contributed by atoms with E-state index in [9.17, 15) is 0 Å². The zero-order valence-electron chi connectivity index (χ0n) is 20.7. The lowest BCUT2D eigenvalue weighted by atomic mass is 9.77. The van der Waals surface area contributed by atoms with Crippen LogP contribution >= 0.6 is 22.6 Å². The van der Waals surface area contributed by atoms with E-state index in [2.05, 4.69) is 148 Å². The monoisotopic (exact) mass is 604 g/mol. The highest BCUT2D eigenvalue weighted by molar-refractivity contribution is 14.1. The predicted molar refractivity (Wildman–Crippen MR) is 161 cm³/mol. The quantitative estimate of drug-likeness (QED) is 0.106. The van der Waals surface area contributed by atoms with Crippen LogP contribution in [0.1, 0.15) is 22.3 Å². The third-order valence-corrected chi connectivity index (χ3v) is 7.83. The number of rotatable bonds is 7. The molecule has 0 aliphatic carbocycles. The van der Waals surface area contributed by atoms with Crippen molar-refractivity contribution >= 4 is 22.6 Å². The van der Waals surface area contributed by atoms with Crippen molar-refractivity contribution in [1.29, 1.82) is 0 Å². The first kappa shape index (κ1) is 24.2. The van der Waals surface area contributed by atoms with E-state index in [-0.39, 0.29) is 0 Å². The molecule has 0 N–H and O–H groups in total. The molecule has 184 valence electrons. The normalized spacial score (nSPS) is 11.4. The van der Waals surface area contributed by atoms with Gasteiger partial charge in [0.2, 0.25) is 0 Å². The molecule has 0 spiro atoms. The van der Waals surface area contributed by atoms with Crippen LogP contribution < -0.4 is 0 Å². The molecule has 0 bridgehead atoms. The largest absolute Gasteiger partial charge is 0.205 e. The van der Waals surface area contributed by atoms with Gasteiger partial charge in [0.05, 0.1) is 0 Å². The minimum Gasteiger partial charge on any atom is -0.205 e. The number of hydrogen-bond acceptors (Lipinski definition) is 3. The van der Waals surface area contributed by atoms with Crippen LogP contribution in [0, 0.1) is 0 Å². The van der Waals surface area contributed by atoms with E-state index in [1.54, 1.807) is 0 Å². The lowest BCUT2D eigenvalue weighted by Gasteiger charge is -2.36. The second-order valence-electron chi connectivity index (χ2n) is 9.10. The molecule has 0 aliphatic rings. The first-order valence-corrected chi connectivity index (χ1v) is 14.0. The van der Waals surface area contributed by atoms with Gasteiger partial charge in [0, 0.05) is 9.99 Å². The van der Waals surface area contributed by atoms with Crippen LogP contribution in [0.2, 0.25) is 0 Å². The van der Waals surface area contributed by atoms with Crippen LogP contribution in [-0.4, -0.2) is 20.2 Å². The number of tetrazole rings is 1. The Morgan fingerprint density at radius 1 is 0.553 bits per heavy atom. The molecule has 0 unspecified atom stereocenters. The Bertz CT molecular complexity index is 1530. The first-order chi connectivity index (χ1) is 18.8. The van der Waals surface area contributed by atoms with Gasteiger partial charge in [0.15, 0.2) is 5.82 Å². The summed E-state index contributed by atoms with van der Waals surface area (Å²) in [5.41, 5.74) is 6.94. The third kappa shape index (κ3) is 4.23. The van der Waals surface area contributed by atoms with Crippen molar-refractivity contribution in [3.05, 3.63) is 162 Å². The molecule has 0 radical (unpaired) electrons. The predicted octanol–water partition coefficient (Wildman–Crippen LogP) is 7.78. The van der Waals surface area contributed by atoms with Gasteiger partial charge in [-0.1, -0.05) is 162 Å². The zero-order chi connectivity index (χ0) is 25.8. The molecule has 0 aliphatic heterocycles. The molecule has 1 heterocycles. The van der Waals surface area contributed by atoms with Crippen molar-refractivity contribution in [2.45, 2.75) is 9.97 Å². The Morgan fingerprint density at radius 3 is 1.53 bits per heavy atom. The Labute approximate surface area is 236 Å². The maximum Gasteiger partial charge on any atom is 0.184 e. The van der Waals surface area contributed by atoms with E-state index in [1.165, 1.54) is 5.56 Å². The van der Waals surface area contributed by atoms with Crippen molar-refractivity contribution < 1.29 is 0 Å². The highest BCUT2D eigenvalue weighted by Gasteiger charge is 2.42. The number of benzene rings is 5.